The molecule has 6 heteroatoms. The SMILES string of the molecule is CCNC(Cc1ccc(Br)cn1)C1CCS(=O)(=O)C1. The van der Waals surface area contributed by atoms with Crippen molar-refractivity contribution in [1.82, 2.24) is 10.3 Å². The first-order valence-corrected chi connectivity index (χ1v) is 9.16. The van der Waals surface area contributed by atoms with Crippen LogP contribution in [0.1, 0.15) is 19.0 Å². The van der Waals surface area contributed by atoms with E-state index in [4.69, 9.17) is 0 Å². The Balaban J connectivity index is 2.06. The maximum Gasteiger partial charge on any atom is 0.150 e. The van der Waals surface area contributed by atoms with Crippen LogP contribution in [0.2, 0.25) is 0 Å². The van der Waals surface area contributed by atoms with Gasteiger partial charge in [0.1, 0.15) is 0 Å². The van der Waals surface area contributed by atoms with Crippen molar-refractivity contribution in [2.75, 3.05) is 18.1 Å². The highest BCUT2D eigenvalue weighted by Gasteiger charge is 2.33. The molecule has 0 aliphatic carbocycles. The van der Waals surface area contributed by atoms with Crippen LogP contribution in [0.25, 0.3) is 0 Å². The van der Waals surface area contributed by atoms with Gasteiger partial charge in [-0.2, -0.15) is 0 Å². The zero-order valence-corrected chi connectivity index (χ0v) is 13.4. The van der Waals surface area contributed by atoms with Gasteiger partial charge in [0, 0.05) is 28.8 Å². The smallest absolute Gasteiger partial charge is 0.150 e. The minimum absolute atomic E-state index is 0.191. The third kappa shape index (κ3) is 4.26. The molecule has 106 valence electrons. The molecule has 1 fully saturated rings. The Hall–Kier alpha value is -0.460. The Morgan fingerprint density at radius 3 is 2.84 bits per heavy atom. The predicted molar refractivity (Wildman–Crippen MR) is 79.9 cm³/mol. The van der Waals surface area contributed by atoms with Gasteiger partial charge in [-0.1, -0.05) is 6.92 Å². The topological polar surface area (TPSA) is 59.1 Å². The number of nitrogens with zero attached hydrogens (tertiary/aromatic N) is 1. The zero-order chi connectivity index (χ0) is 13.9. The number of aromatic nitrogens is 1. The van der Waals surface area contributed by atoms with Crippen LogP contribution in [0.4, 0.5) is 0 Å². The van der Waals surface area contributed by atoms with Gasteiger partial charge in [-0.05, 0) is 46.9 Å². The fourth-order valence-corrected chi connectivity index (χ4v) is 4.68. The molecule has 0 amide bonds. The summed E-state index contributed by atoms with van der Waals surface area (Å²) in [4.78, 5) is 4.37. The first kappa shape index (κ1) is 14.9. The first-order valence-electron chi connectivity index (χ1n) is 6.54. The molecule has 1 aromatic rings. The lowest BCUT2D eigenvalue weighted by Crippen LogP contribution is -2.38. The van der Waals surface area contributed by atoms with Crippen LogP contribution >= 0.6 is 15.9 Å². The summed E-state index contributed by atoms with van der Waals surface area (Å²) in [6.45, 7) is 2.89. The first-order chi connectivity index (χ1) is 9.00. The van der Waals surface area contributed by atoms with Gasteiger partial charge < -0.3 is 5.32 Å². The quantitative estimate of drug-likeness (QED) is 0.883. The van der Waals surface area contributed by atoms with Crippen LogP contribution in [0.15, 0.2) is 22.8 Å². The molecular formula is C13H19BrN2O2S. The highest BCUT2D eigenvalue weighted by molar-refractivity contribution is 9.10. The molecule has 1 saturated heterocycles. The van der Waals surface area contributed by atoms with Crippen LogP contribution in [0.5, 0.6) is 0 Å². The second-order valence-electron chi connectivity index (χ2n) is 5.00. The van der Waals surface area contributed by atoms with E-state index in [0.717, 1.165) is 29.6 Å². The van der Waals surface area contributed by atoms with E-state index >= 15 is 0 Å². The largest absolute Gasteiger partial charge is 0.314 e. The molecule has 2 rings (SSSR count). The molecule has 0 bridgehead atoms. The van der Waals surface area contributed by atoms with Crippen molar-refractivity contribution >= 4 is 25.8 Å². The second kappa shape index (κ2) is 6.33. The molecule has 2 atom stereocenters. The van der Waals surface area contributed by atoms with Crippen molar-refractivity contribution in [1.29, 1.82) is 0 Å². The Morgan fingerprint density at radius 1 is 1.53 bits per heavy atom. The van der Waals surface area contributed by atoms with Crippen molar-refractivity contribution in [3.63, 3.8) is 0 Å². The number of hydrogen-bond donors (Lipinski definition) is 1. The molecule has 0 saturated carbocycles. The van der Waals surface area contributed by atoms with Gasteiger partial charge in [0.05, 0.1) is 11.5 Å². The van der Waals surface area contributed by atoms with Crippen molar-refractivity contribution in [2.45, 2.75) is 25.8 Å². The lowest BCUT2D eigenvalue weighted by Gasteiger charge is -2.23. The molecule has 1 aliphatic rings. The van der Waals surface area contributed by atoms with Gasteiger partial charge >= 0.3 is 0 Å². The average Bonchev–Trinajstić information content (AvgIpc) is 2.72. The summed E-state index contributed by atoms with van der Waals surface area (Å²) in [6, 6.07) is 4.14. The number of sulfone groups is 1. The van der Waals surface area contributed by atoms with Gasteiger partial charge in [-0.3, -0.25) is 4.98 Å². The van der Waals surface area contributed by atoms with Gasteiger partial charge in [-0.25, -0.2) is 8.42 Å². The van der Waals surface area contributed by atoms with E-state index in [1.807, 2.05) is 19.1 Å². The number of nitrogens with one attached hydrogen (secondary N) is 1. The summed E-state index contributed by atoms with van der Waals surface area (Å²) in [5.41, 5.74) is 0.999. The zero-order valence-electron chi connectivity index (χ0n) is 11.0. The van der Waals surface area contributed by atoms with Crippen molar-refractivity contribution in [3.05, 3.63) is 28.5 Å². The molecule has 1 aliphatic heterocycles. The third-order valence-corrected chi connectivity index (χ3v) is 5.78. The van der Waals surface area contributed by atoms with Gasteiger partial charge in [-0.15, -0.1) is 0 Å². The lowest BCUT2D eigenvalue weighted by molar-refractivity contribution is 0.383. The van der Waals surface area contributed by atoms with Crippen molar-refractivity contribution in [3.8, 4) is 0 Å². The normalized spacial score (nSPS) is 23.4. The number of halogens is 1. The predicted octanol–water partition coefficient (Wildman–Crippen LogP) is 1.80. The Bertz CT molecular complexity index is 516. The fourth-order valence-electron chi connectivity index (χ4n) is 2.56. The molecule has 4 nitrogen and oxygen atoms in total. The van der Waals surface area contributed by atoms with E-state index in [9.17, 15) is 8.42 Å². The summed E-state index contributed by atoms with van der Waals surface area (Å²) in [7, 11) is -2.83. The molecular weight excluding hydrogens is 328 g/mol. The molecule has 0 aromatic carbocycles. The van der Waals surface area contributed by atoms with E-state index in [0.29, 0.717) is 11.5 Å². The highest BCUT2D eigenvalue weighted by atomic mass is 79.9. The maximum atomic E-state index is 11.6. The molecule has 0 spiro atoms. The number of likely N-dealkylation sites (N-methyl/N-ethyl adjacent to an activating group) is 1. The van der Waals surface area contributed by atoms with E-state index in [1.54, 1.807) is 6.20 Å². The van der Waals surface area contributed by atoms with E-state index in [1.165, 1.54) is 0 Å². The summed E-state index contributed by atoms with van der Waals surface area (Å²) in [5, 5.41) is 3.41. The number of pyridine rings is 1. The van der Waals surface area contributed by atoms with Gasteiger partial charge in [0.2, 0.25) is 0 Å². The van der Waals surface area contributed by atoms with Crippen molar-refractivity contribution < 1.29 is 8.42 Å². The second-order valence-corrected chi connectivity index (χ2v) is 8.14. The highest BCUT2D eigenvalue weighted by Crippen LogP contribution is 2.24. The molecule has 0 radical (unpaired) electrons. The Morgan fingerprint density at radius 2 is 2.32 bits per heavy atom. The molecule has 1 aromatic heterocycles. The summed E-state index contributed by atoms with van der Waals surface area (Å²) in [6.07, 6.45) is 3.32. The van der Waals surface area contributed by atoms with Crippen LogP contribution in [-0.2, 0) is 16.3 Å². The van der Waals surface area contributed by atoms with E-state index in [-0.39, 0.29) is 12.0 Å². The minimum atomic E-state index is -2.83. The maximum absolute atomic E-state index is 11.6. The Labute approximate surface area is 123 Å². The standard InChI is InChI=1S/C13H19BrN2O2S/c1-2-15-13(10-5-6-19(17,18)9-10)7-12-4-3-11(14)8-16-12/h3-4,8,10,13,15H,2,5-7,9H2,1H3. The third-order valence-electron chi connectivity index (χ3n) is 3.52. The lowest BCUT2D eigenvalue weighted by atomic mass is 9.95. The number of hydrogen-bond acceptors (Lipinski definition) is 4. The molecule has 1 N–H and O–H groups in total. The number of rotatable bonds is 5. The fraction of sp³-hybridized carbons (Fsp3) is 0.615. The Kier molecular flexibility index (Phi) is 4.97. The van der Waals surface area contributed by atoms with E-state index < -0.39 is 9.84 Å². The van der Waals surface area contributed by atoms with Crippen LogP contribution < -0.4 is 5.32 Å². The van der Waals surface area contributed by atoms with Gasteiger partial charge in [0.15, 0.2) is 9.84 Å². The summed E-state index contributed by atoms with van der Waals surface area (Å²) >= 11 is 3.37. The van der Waals surface area contributed by atoms with Crippen molar-refractivity contribution in [2.24, 2.45) is 5.92 Å². The molecule has 19 heavy (non-hydrogen) atoms. The van der Waals surface area contributed by atoms with Crippen LogP contribution in [-0.4, -0.2) is 37.5 Å². The summed E-state index contributed by atoms with van der Waals surface area (Å²) < 4.78 is 24.2. The monoisotopic (exact) mass is 346 g/mol. The molecule has 2 heterocycles. The van der Waals surface area contributed by atoms with Crippen LogP contribution in [0, 0.1) is 5.92 Å². The summed E-state index contributed by atoms with van der Waals surface area (Å²) in [5.74, 6) is 0.838. The van der Waals surface area contributed by atoms with E-state index in [2.05, 4.69) is 26.2 Å². The molecule has 2 unspecified atom stereocenters. The van der Waals surface area contributed by atoms with Gasteiger partial charge in [0.25, 0.3) is 0 Å². The minimum Gasteiger partial charge on any atom is -0.314 e. The average molecular weight is 347 g/mol. The van der Waals surface area contributed by atoms with Crippen LogP contribution in [0.3, 0.4) is 0 Å².